The predicted octanol–water partition coefficient (Wildman–Crippen LogP) is 3.75. The first-order valence-electron chi connectivity index (χ1n) is 8.15. The van der Waals surface area contributed by atoms with Gasteiger partial charge in [0, 0.05) is 26.2 Å². The van der Waals surface area contributed by atoms with Crippen LogP contribution in [-0.4, -0.2) is 43.4 Å². The highest BCUT2D eigenvalue weighted by Gasteiger charge is 2.45. The number of rotatable bonds is 4. The zero-order chi connectivity index (χ0) is 17.2. The number of carbonyl (C=O) groups excluding carboxylic acids is 1. The predicted molar refractivity (Wildman–Crippen MR) is 89.1 cm³/mol. The van der Waals surface area contributed by atoms with E-state index in [0.717, 1.165) is 5.69 Å². The zero-order valence-corrected chi connectivity index (χ0v) is 14.4. The van der Waals surface area contributed by atoms with Crippen molar-refractivity contribution in [2.75, 3.05) is 31.6 Å². The second-order valence-electron chi connectivity index (χ2n) is 6.90. The molecule has 0 saturated carbocycles. The van der Waals surface area contributed by atoms with Crippen LogP contribution in [0.2, 0.25) is 0 Å². The summed E-state index contributed by atoms with van der Waals surface area (Å²) in [5.74, 6) is -3.15. The summed E-state index contributed by atoms with van der Waals surface area (Å²) >= 11 is 0. The van der Waals surface area contributed by atoms with Gasteiger partial charge >= 0.3 is 0 Å². The Morgan fingerprint density at radius 2 is 1.96 bits per heavy atom. The van der Waals surface area contributed by atoms with Gasteiger partial charge in [0.15, 0.2) is 0 Å². The van der Waals surface area contributed by atoms with Gasteiger partial charge in [-0.25, -0.2) is 8.78 Å². The maximum atomic E-state index is 14.5. The van der Waals surface area contributed by atoms with Crippen molar-refractivity contribution in [1.82, 2.24) is 4.90 Å². The molecule has 0 radical (unpaired) electrons. The molecule has 1 saturated heterocycles. The topological polar surface area (TPSA) is 23.6 Å². The number of alkyl halides is 2. The Kier molecular flexibility index (Phi) is 5.40. The fourth-order valence-corrected chi connectivity index (χ4v) is 3.21. The van der Waals surface area contributed by atoms with Gasteiger partial charge in [-0.2, -0.15) is 0 Å². The molecule has 5 heteroatoms. The van der Waals surface area contributed by atoms with Crippen LogP contribution in [0.5, 0.6) is 0 Å². The molecule has 23 heavy (non-hydrogen) atoms. The normalized spacial score (nSPS) is 21.4. The van der Waals surface area contributed by atoms with E-state index < -0.39 is 11.8 Å². The Morgan fingerprint density at radius 1 is 1.35 bits per heavy atom. The number of amides is 1. The number of benzene rings is 1. The van der Waals surface area contributed by atoms with Gasteiger partial charge in [0.05, 0.1) is 12.5 Å². The van der Waals surface area contributed by atoms with Crippen molar-refractivity contribution in [1.29, 1.82) is 0 Å². The van der Waals surface area contributed by atoms with Gasteiger partial charge in [-0.05, 0) is 36.6 Å². The first-order chi connectivity index (χ1) is 10.7. The minimum atomic E-state index is -2.72. The van der Waals surface area contributed by atoms with Gasteiger partial charge in [-0.15, -0.1) is 0 Å². The Morgan fingerprint density at radius 3 is 2.43 bits per heavy atom. The second kappa shape index (κ2) is 6.95. The molecule has 0 spiro atoms. The van der Waals surface area contributed by atoms with Crippen molar-refractivity contribution in [3.05, 3.63) is 29.8 Å². The Hall–Kier alpha value is -1.49. The van der Waals surface area contributed by atoms with Crippen LogP contribution in [-0.2, 0) is 4.79 Å². The average Bonchev–Trinajstić information content (AvgIpc) is 2.45. The number of anilines is 1. The van der Waals surface area contributed by atoms with E-state index in [4.69, 9.17) is 0 Å². The third kappa shape index (κ3) is 4.28. The number of hydrogen-bond donors (Lipinski definition) is 0. The summed E-state index contributed by atoms with van der Waals surface area (Å²) in [4.78, 5) is 14.7. The first-order valence-corrected chi connectivity index (χ1v) is 8.15. The van der Waals surface area contributed by atoms with Crippen molar-refractivity contribution < 1.29 is 13.6 Å². The van der Waals surface area contributed by atoms with E-state index in [1.165, 1.54) is 11.8 Å². The molecule has 128 valence electrons. The Bertz CT molecular complexity index is 542. The van der Waals surface area contributed by atoms with E-state index in [-0.39, 0.29) is 12.5 Å². The third-order valence-corrected chi connectivity index (χ3v) is 4.46. The molecule has 1 aromatic carbocycles. The fourth-order valence-electron chi connectivity index (χ4n) is 3.21. The first kappa shape index (κ1) is 17.9. The molecule has 1 fully saturated rings. The van der Waals surface area contributed by atoms with E-state index in [1.807, 2.05) is 4.90 Å². The molecule has 0 N–H and O–H groups in total. The summed E-state index contributed by atoms with van der Waals surface area (Å²) in [5, 5.41) is 0. The number of nitrogens with zero attached hydrogens (tertiary/aromatic N) is 2. The van der Waals surface area contributed by atoms with Gasteiger partial charge in [0.25, 0.3) is 5.92 Å². The molecule has 0 bridgehead atoms. The smallest absolute Gasteiger partial charge is 0.267 e. The van der Waals surface area contributed by atoms with E-state index in [9.17, 15) is 13.6 Å². The van der Waals surface area contributed by atoms with Crippen LogP contribution in [0.1, 0.15) is 38.7 Å². The summed E-state index contributed by atoms with van der Waals surface area (Å²) in [7, 11) is 1.68. The number of likely N-dealkylation sites (tertiary alicyclic amines) is 1. The third-order valence-electron chi connectivity index (χ3n) is 4.46. The van der Waals surface area contributed by atoms with Gasteiger partial charge in [-0.3, -0.25) is 9.69 Å². The van der Waals surface area contributed by atoms with Crippen LogP contribution in [0.4, 0.5) is 14.5 Å². The van der Waals surface area contributed by atoms with Gasteiger partial charge < -0.3 is 4.90 Å². The molecule has 1 unspecified atom stereocenters. The molecule has 1 aromatic rings. The van der Waals surface area contributed by atoms with E-state index >= 15 is 0 Å². The molecule has 0 aliphatic carbocycles. The Labute approximate surface area is 137 Å². The summed E-state index contributed by atoms with van der Waals surface area (Å²) in [5.41, 5.74) is 1.38. The molecule has 1 amide bonds. The van der Waals surface area contributed by atoms with Crippen LogP contribution < -0.4 is 4.90 Å². The molecule has 1 heterocycles. The highest BCUT2D eigenvalue weighted by atomic mass is 19.3. The molecule has 1 aliphatic heterocycles. The molecular formula is C18H26F2N2O. The maximum absolute atomic E-state index is 14.5. The lowest BCUT2D eigenvalue weighted by Crippen LogP contribution is -2.48. The van der Waals surface area contributed by atoms with Crippen LogP contribution >= 0.6 is 0 Å². The highest BCUT2D eigenvalue weighted by Crippen LogP contribution is 2.40. The minimum Gasteiger partial charge on any atom is -0.316 e. The summed E-state index contributed by atoms with van der Waals surface area (Å²) in [6.07, 6.45) is 0.460. The van der Waals surface area contributed by atoms with E-state index in [1.54, 1.807) is 31.3 Å². The lowest BCUT2D eigenvalue weighted by Gasteiger charge is -2.39. The van der Waals surface area contributed by atoms with E-state index in [2.05, 4.69) is 13.8 Å². The molecule has 1 atom stereocenters. The molecule has 2 rings (SSSR count). The molecular weight excluding hydrogens is 298 g/mol. The molecule has 0 aromatic heterocycles. The lowest BCUT2D eigenvalue weighted by molar-refractivity contribution is -0.116. The fraction of sp³-hybridized carbons (Fsp3) is 0.611. The highest BCUT2D eigenvalue weighted by molar-refractivity contribution is 5.90. The van der Waals surface area contributed by atoms with E-state index in [0.29, 0.717) is 31.0 Å². The standard InChI is InChI=1S/C18H26F2N2O/c1-13(2)11-22-10-9-17(18(19,20)12-22)15-5-7-16(8-6-15)21(4)14(3)23/h5-8,13,17H,9-12H2,1-4H3. The van der Waals surface area contributed by atoms with Gasteiger partial charge in [-0.1, -0.05) is 26.0 Å². The van der Waals surface area contributed by atoms with Crippen molar-refractivity contribution in [2.24, 2.45) is 5.92 Å². The number of halogens is 2. The van der Waals surface area contributed by atoms with Crippen molar-refractivity contribution in [2.45, 2.75) is 39.0 Å². The van der Waals surface area contributed by atoms with Crippen molar-refractivity contribution in [3.8, 4) is 0 Å². The summed E-state index contributed by atoms with van der Waals surface area (Å²) in [6, 6.07) is 6.94. The van der Waals surface area contributed by atoms with Crippen LogP contribution in [0.3, 0.4) is 0 Å². The Balaban J connectivity index is 2.11. The summed E-state index contributed by atoms with van der Waals surface area (Å²) < 4.78 is 29.1. The monoisotopic (exact) mass is 324 g/mol. The van der Waals surface area contributed by atoms with Crippen molar-refractivity contribution in [3.63, 3.8) is 0 Å². The largest absolute Gasteiger partial charge is 0.316 e. The lowest BCUT2D eigenvalue weighted by atomic mass is 9.86. The zero-order valence-electron chi connectivity index (χ0n) is 14.4. The SMILES string of the molecule is CC(=O)N(C)c1ccc(C2CCN(CC(C)C)CC2(F)F)cc1. The van der Waals surface area contributed by atoms with Crippen LogP contribution in [0, 0.1) is 5.92 Å². The van der Waals surface area contributed by atoms with Gasteiger partial charge in [0.1, 0.15) is 0 Å². The van der Waals surface area contributed by atoms with Gasteiger partial charge in [0.2, 0.25) is 5.91 Å². The quantitative estimate of drug-likeness (QED) is 0.842. The second-order valence-corrected chi connectivity index (χ2v) is 6.90. The van der Waals surface area contributed by atoms with Crippen molar-refractivity contribution >= 4 is 11.6 Å². The summed E-state index contributed by atoms with van der Waals surface area (Å²) in [6.45, 7) is 6.82. The molecule has 1 aliphatic rings. The minimum absolute atomic E-state index is 0.0786. The van der Waals surface area contributed by atoms with Crippen LogP contribution in [0.25, 0.3) is 0 Å². The number of hydrogen-bond acceptors (Lipinski definition) is 2. The number of piperidine rings is 1. The number of carbonyl (C=O) groups is 1. The molecule has 3 nitrogen and oxygen atoms in total. The van der Waals surface area contributed by atoms with Crippen LogP contribution in [0.15, 0.2) is 24.3 Å². The average molecular weight is 324 g/mol. The maximum Gasteiger partial charge on any atom is 0.267 e.